The molecule has 0 radical (unpaired) electrons. The molecule has 0 aromatic heterocycles. The summed E-state index contributed by atoms with van der Waals surface area (Å²) in [5.41, 5.74) is 4.24. The lowest BCUT2D eigenvalue weighted by Crippen LogP contribution is -2.36. The Morgan fingerprint density at radius 3 is 2.42 bits per heavy atom. The van der Waals surface area contributed by atoms with Crippen LogP contribution in [0.15, 0.2) is 35.5 Å². The lowest BCUT2D eigenvalue weighted by molar-refractivity contribution is -0.124. The molecule has 0 saturated heterocycles. The van der Waals surface area contributed by atoms with E-state index >= 15 is 0 Å². The summed E-state index contributed by atoms with van der Waals surface area (Å²) in [7, 11) is 0. The van der Waals surface area contributed by atoms with E-state index in [1.54, 1.807) is 0 Å². The summed E-state index contributed by atoms with van der Waals surface area (Å²) in [4.78, 5) is 18.9. The maximum atomic E-state index is 12.5. The van der Waals surface area contributed by atoms with E-state index in [4.69, 9.17) is 0 Å². The highest BCUT2D eigenvalue weighted by molar-refractivity contribution is 6.38. The van der Waals surface area contributed by atoms with Crippen LogP contribution in [-0.4, -0.2) is 29.6 Å². The van der Waals surface area contributed by atoms with Crippen molar-refractivity contribution < 1.29 is 4.79 Å². The predicted molar refractivity (Wildman–Crippen MR) is 111 cm³/mol. The fourth-order valence-electron chi connectivity index (χ4n) is 3.07. The number of nitrogens with zero attached hydrogens (tertiary/aromatic N) is 2. The monoisotopic (exact) mass is 354 g/mol. The average Bonchev–Trinajstić information content (AvgIpc) is 3.47. The summed E-state index contributed by atoms with van der Waals surface area (Å²) in [6, 6.07) is 8.77. The molecular weight excluding hydrogens is 320 g/mol. The fourth-order valence-corrected chi connectivity index (χ4v) is 3.07. The second-order valence-corrected chi connectivity index (χ2v) is 7.46. The Kier molecular flexibility index (Phi) is 8.08. The van der Waals surface area contributed by atoms with Gasteiger partial charge in [0.15, 0.2) is 0 Å². The molecule has 1 aliphatic carbocycles. The van der Waals surface area contributed by atoms with Gasteiger partial charge in [-0.25, -0.2) is 0 Å². The minimum Gasteiger partial charge on any atom is -0.338 e. The van der Waals surface area contributed by atoms with Gasteiger partial charge < -0.3 is 4.90 Å². The molecule has 0 unspecified atom stereocenters. The van der Waals surface area contributed by atoms with Crippen LogP contribution in [0, 0.1) is 5.92 Å². The largest absolute Gasteiger partial charge is 0.338 e. The number of hydrogen-bond acceptors (Lipinski definition) is 2. The Morgan fingerprint density at radius 2 is 1.85 bits per heavy atom. The zero-order valence-electron chi connectivity index (χ0n) is 16.9. The van der Waals surface area contributed by atoms with Crippen molar-refractivity contribution in [1.82, 2.24) is 4.90 Å². The normalized spacial score (nSPS) is 15.2. The second kappa shape index (κ2) is 10.3. The molecule has 1 fully saturated rings. The van der Waals surface area contributed by atoms with Crippen LogP contribution in [0.3, 0.4) is 0 Å². The molecule has 1 aromatic carbocycles. The number of carbonyl (C=O) groups is 1. The summed E-state index contributed by atoms with van der Waals surface area (Å²) in [6.07, 6.45) is 9.19. The molecule has 1 aliphatic rings. The average molecular weight is 355 g/mol. The van der Waals surface area contributed by atoms with Crippen LogP contribution >= 0.6 is 0 Å². The molecule has 0 spiro atoms. The van der Waals surface area contributed by atoms with Crippen molar-refractivity contribution in [3.05, 3.63) is 41.6 Å². The van der Waals surface area contributed by atoms with Gasteiger partial charge in [-0.1, -0.05) is 44.0 Å². The van der Waals surface area contributed by atoms with E-state index in [1.165, 1.54) is 36.8 Å². The molecule has 1 aromatic rings. The maximum absolute atomic E-state index is 12.5. The number of allylic oxidation sites excluding steroid dienone is 1. The first kappa shape index (κ1) is 20.4. The van der Waals surface area contributed by atoms with Crippen LogP contribution in [0.2, 0.25) is 0 Å². The van der Waals surface area contributed by atoms with Crippen LogP contribution in [0.4, 0.5) is 0 Å². The van der Waals surface area contributed by atoms with Gasteiger partial charge in [0.1, 0.15) is 5.71 Å². The highest BCUT2D eigenvalue weighted by Gasteiger charge is 2.21. The Bertz CT molecular complexity index is 639. The zero-order chi connectivity index (χ0) is 18.9. The Morgan fingerprint density at radius 1 is 1.15 bits per heavy atom. The second-order valence-electron chi connectivity index (χ2n) is 7.46. The molecule has 1 saturated carbocycles. The third-order valence-corrected chi connectivity index (χ3v) is 5.09. The molecule has 2 rings (SSSR count). The first-order valence-electron chi connectivity index (χ1n) is 10.1. The number of amides is 1. The van der Waals surface area contributed by atoms with Gasteiger partial charge >= 0.3 is 0 Å². The third-order valence-electron chi connectivity index (χ3n) is 5.09. The molecule has 3 heteroatoms. The van der Waals surface area contributed by atoms with Gasteiger partial charge in [0, 0.05) is 19.3 Å². The highest BCUT2D eigenvalue weighted by atomic mass is 16.2. The highest BCUT2D eigenvalue weighted by Crippen LogP contribution is 2.32. The third kappa shape index (κ3) is 6.44. The van der Waals surface area contributed by atoms with Crippen molar-refractivity contribution >= 4 is 17.2 Å². The Labute approximate surface area is 159 Å². The summed E-state index contributed by atoms with van der Waals surface area (Å²) in [5.74, 6) is 0.960. The molecule has 0 bridgehead atoms. The van der Waals surface area contributed by atoms with E-state index in [1.807, 2.05) is 24.9 Å². The predicted octanol–water partition coefficient (Wildman–Crippen LogP) is 5.50. The molecule has 26 heavy (non-hydrogen) atoms. The number of hydrogen-bond donors (Lipinski definition) is 0. The van der Waals surface area contributed by atoms with Gasteiger partial charge in [0.2, 0.25) is 0 Å². The molecule has 142 valence electrons. The van der Waals surface area contributed by atoms with Crippen molar-refractivity contribution in [2.24, 2.45) is 10.9 Å². The molecule has 3 nitrogen and oxygen atoms in total. The van der Waals surface area contributed by atoms with Gasteiger partial charge in [0.05, 0.1) is 0 Å². The Hall–Kier alpha value is -1.90. The van der Waals surface area contributed by atoms with E-state index in [-0.39, 0.29) is 5.91 Å². The molecule has 0 atom stereocenters. The van der Waals surface area contributed by atoms with Gasteiger partial charge in [-0.3, -0.25) is 9.79 Å². The van der Waals surface area contributed by atoms with Gasteiger partial charge in [-0.15, -0.1) is 0 Å². The van der Waals surface area contributed by atoms with Crippen molar-refractivity contribution in [2.75, 3.05) is 13.1 Å². The van der Waals surface area contributed by atoms with Crippen molar-refractivity contribution in [2.45, 2.75) is 66.2 Å². The number of aliphatic imine (C=N–C) groups is 1. The zero-order valence-corrected chi connectivity index (χ0v) is 16.9. The van der Waals surface area contributed by atoms with Crippen molar-refractivity contribution in [3.63, 3.8) is 0 Å². The summed E-state index contributed by atoms with van der Waals surface area (Å²) in [5, 5.41) is 0. The smallest absolute Gasteiger partial charge is 0.267 e. The lowest BCUT2D eigenvalue weighted by atomic mass is 10.0. The molecule has 0 heterocycles. The first-order chi connectivity index (χ1) is 12.5. The van der Waals surface area contributed by atoms with Crippen molar-refractivity contribution in [3.8, 4) is 0 Å². The summed E-state index contributed by atoms with van der Waals surface area (Å²) >= 11 is 0. The van der Waals surface area contributed by atoms with Crippen LogP contribution in [0.1, 0.15) is 70.9 Å². The molecular formula is C23H34N2O. The van der Waals surface area contributed by atoms with E-state index < -0.39 is 0 Å². The van der Waals surface area contributed by atoms with E-state index in [9.17, 15) is 4.79 Å². The molecule has 1 amide bonds. The Balaban J connectivity index is 1.96. The number of unbranched alkanes of at least 4 members (excludes halogenated alkanes) is 2. The van der Waals surface area contributed by atoms with Crippen LogP contribution in [0.5, 0.6) is 0 Å². The van der Waals surface area contributed by atoms with E-state index in [0.717, 1.165) is 37.4 Å². The van der Waals surface area contributed by atoms with Gasteiger partial charge in [-0.2, -0.15) is 0 Å². The number of rotatable bonds is 10. The van der Waals surface area contributed by atoms with Crippen LogP contribution in [-0.2, 0) is 11.2 Å². The summed E-state index contributed by atoms with van der Waals surface area (Å²) < 4.78 is 0. The first-order valence-corrected chi connectivity index (χ1v) is 10.1. The van der Waals surface area contributed by atoms with Crippen molar-refractivity contribution in [1.29, 1.82) is 0 Å². The van der Waals surface area contributed by atoms with E-state index in [2.05, 4.69) is 43.1 Å². The van der Waals surface area contributed by atoms with E-state index in [0.29, 0.717) is 5.71 Å². The van der Waals surface area contributed by atoms with Crippen LogP contribution < -0.4 is 0 Å². The maximum Gasteiger partial charge on any atom is 0.267 e. The minimum atomic E-state index is 0.0486. The fraction of sp³-hybridized carbons (Fsp3) is 0.565. The quantitative estimate of drug-likeness (QED) is 0.403. The van der Waals surface area contributed by atoms with Gasteiger partial charge in [0.25, 0.3) is 5.91 Å². The van der Waals surface area contributed by atoms with Gasteiger partial charge in [-0.05, 0) is 69.1 Å². The number of carbonyl (C=O) groups excluding carboxylic acids is 1. The lowest BCUT2D eigenvalue weighted by Gasteiger charge is -2.20. The topological polar surface area (TPSA) is 32.7 Å². The SMILES string of the molecule is CCCCCN(CC)C(=O)C(C)=N/C=C(\C)c1ccc(CC2CC2)cc1. The number of benzene rings is 1. The minimum absolute atomic E-state index is 0.0486. The van der Waals surface area contributed by atoms with Crippen LogP contribution in [0.25, 0.3) is 5.57 Å². The standard InChI is InChI=1S/C23H34N2O/c1-5-7-8-15-25(6-2)23(26)19(4)24-17-18(3)22-13-11-21(12-14-22)16-20-9-10-20/h11-14,17,20H,5-10,15-16H2,1-4H3/b18-17+,24-19?. The summed E-state index contributed by atoms with van der Waals surface area (Å²) in [6.45, 7) is 9.63. The molecule has 0 aliphatic heterocycles. The molecule has 0 N–H and O–H groups in total.